The first-order valence-electron chi connectivity index (χ1n) is 10.2. The molecular weight excluding hydrogens is 459 g/mol. The molecule has 0 saturated carbocycles. The van der Waals surface area contributed by atoms with E-state index in [1.807, 2.05) is 0 Å². The van der Waals surface area contributed by atoms with Crippen LogP contribution in [0.15, 0.2) is 48.7 Å². The molecule has 10 heteroatoms. The standard InChI is InChI=1S/C24H19F5N2O3/c1-23(2,33)13-3-5-15(6-4-13)31-11-17-16(22(31)32)7-8-30-21(17)20-18(26)9-14(25)10-19(20)34-12-24(27,28)29/h3-10,33H,11-12H2,1-2H3. The van der Waals surface area contributed by atoms with Crippen molar-refractivity contribution in [3.05, 3.63) is 77.0 Å². The van der Waals surface area contributed by atoms with E-state index in [-0.39, 0.29) is 23.4 Å². The maximum Gasteiger partial charge on any atom is 0.422 e. The first-order chi connectivity index (χ1) is 15.8. The molecule has 0 aliphatic carbocycles. The minimum atomic E-state index is -4.73. The summed E-state index contributed by atoms with van der Waals surface area (Å²) >= 11 is 0. The molecule has 0 atom stereocenters. The summed E-state index contributed by atoms with van der Waals surface area (Å²) in [6, 6.07) is 9.18. The lowest BCUT2D eigenvalue weighted by molar-refractivity contribution is -0.153. The summed E-state index contributed by atoms with van der Waals surface area (Å²) in [4.78, 5) is 18.5. The maximum absolute atomic E-state index is 14.8. The Morgan fingerprint density at radius 1 is 1.09 bits per heavy atom. The molecule has 0 spiro atoms. The van der Waals surface area contributed by atoms with E-state index in [1.54, 1.807) is 38.1 Å². The number of carbonyl (C=O) groups excluding carboxylic acids is 1. The highest BCUT2D eigenvalue weighted by atomic mass is 19.4. The number of benzene rings is 2. The highest BCUT2D eigenvalue weighted by Crippen LogP contribution is 2.40. The maximum atomic E-state index is 14.8. The molecule has 2 aromatic carbocycles. The van der Waals surface area contributed by atoms with Gasteiger partial charge in [0.25, 0.3) is 5.91 Å². The zero-order valence-corrected chi connectivity index (χ0v) is 18.1. The fourth-order valence-corrected chi connectivity index (χ4v) is 3.75. The second-order valence-electron chi connectivity index (χ2n) is 8.35. The Morgan fingerprint density at radius 3 is 2.38 bits per heavy atom. The van der Waals surface area contributed by atoms with Crippen LogP contribution in [0.25, 0.3) is 11.3 Å². The van der Waals surface area contributed by atoms with Crippen LogP contribution in [0.2, 0.25) is 0 Å². The van der Waals surface area contributed by atoms with Crippen LogP contribution in [0, 0.1) is 11.6 Å². The Balaban J connectivity index is 1.75. The van der Waals surface area contributed by atoms with Crippen molar-refractivity contribution in [1.29, 1.82) is 0 Å². The minimum absolute atomic E-state index is 0.0469. The van der Waals surface area contributed by atoms with Gasteiger partial charge < -0.3 is 14.7 Å². The number of ether oxygens (including phenoxy) is 1. The van der Waals surface area contributed by atoms with Crippen molar-refractivity contribution in [2.75, 3.05) is 11.5 Å². The Labute approximate surface area is 191 Å². The average Bonchev–Trinajstić information content (AvgIpc) is 3.08. The number of alkyl halides is 3. The predicted octanol–water partition coefficient (Wildman–Crippen LogP) is 5.36. The normalized spacial score (nSPS) is 13.9. The Hall–Kier alpha value is -3.53. The van der Waals surface area contributed by atoms with Crippen LogP contribution in [0.5, 0.6) is 5.75 Å². The van der Waals surface area contributed by atoms with E-state index in [2.05, 4.69) is 4.98 Å². The van der Waals surface area contributed by atoms with Crippen molar-refractivity contribution in [3.63, 3.8) is 0 Å². The third-order valence-corrected chi connectivity index (χ3v) is 5.38. The van der Waals surface area contributed by atoms with Gasteiger partial charge in [-0.2, -0.15) is 13.2 Å². The summed E-state index contributed by atoms with van der Waals surface area (Å²) in [5, 5.41) is 10.1. The number of fused-ring (bicyclic) bond motifs is 1. The van der Waals surface area contributed by atoms with Gasteiger partial charge in [-0.15, -0.1) is 0 Å². The molecule has 0 saturated heterocycles. The van der Waals surface area contributed by atoms with E-state index in [0.29, 0.717) is 23.4 Å². The largest absolute Gasteiger partial charge is 0.483 e. The SMILES string of the molecule is CC(C)(O)c1ccc(N2Cc3c(ccnc3-c3c(F)cc(F)cc3OCC(F)(F)F)C2=O)cc1. The number of rotatable bonds is 5. The third kappa shape index (κ3) is 4.58. The lowest BCUT2D eigenvalue weighted by atomic mass is 9.98. The fraction of sp³-hybridized carbons (Fsp3) is 0.250. The molecule has 2 heterocycles. The smallest absolute Gasteiger partial charge is 0.422 e. The van der Waals surface area contributed by atoms with Gasteiger partial charge in [0.1, 0.15) is 17.4 Å². The van der Waals surface area contributed by atoms with Crippen LogP contribution in [-0.4, -0.2) is 28.8 Å². The zero-order valence-electron chi connectivity index (χ0n) is 18.1. The molecule has 0 bridgehead atoms. The summed E-state index contributed by atoms with van der Waals surface area (Å²) in [5.74, 6) is -3.37. The van der Waals surface area contributed by atoms with E-state index in [0.717, 1.165) is 0 Å². The Morgan fingerprint density at radius 2 is 1.76 bits per heavy atom. The first-order valence-corrected chi connectivity index (χ1v) is 10.2. The van der Waals surface area contributed by atoms with Gasteiger partial charge in [-0.3, -0.25) is 9.78 Å². The second-order valence-corrected chi connectivity index (χ2v) is 8.35. The number of halogens is 5. The number of amides is 1. The number of anilines is 1. The fourth-order valence-electron chi connectivity index (χ4n) is 3.75. The summed E-state index contributed by atoms with van der Waals surface area (Å²) in [7, 11) is 0. The molecule has 4 rings (SSSR count). The van der Waals surface area contributed by atoms with Crippen molar-refractivity contribution < 1.29 is 36.6 Å². The monoisotopic (exact) mass is 478 g/mol. The van der Waals surface area contributed by atoms with Gasteiger partial charge in [0.05, 0.1) is 23.4 Å². The van der Waals surface area contributed by atoms with Gasteiger partial charge in [0.15, 0.2) is 6.61 Å². The van der Waals surface area contributed by atoms with Gasteiger partial charge in [-0.1, -0.05) is 12.1 Å². The van der Waals surface area contributed by atoms with Gasteiger partial charge in [0, 0.05) is 35.1 Å². The molecular formula is C24H19F5N2O3. The van der Waals surface area contributed by atoms with Crippen molar-refractivity contribution in [2.45, 2.75) is 32.2 Å². The molecule has 3 aromatic rings. The highest BCUT2D eigenvalue weighted by molar-refractivity contribution is 6.11. The lowest BCUT2D eigenvalue weighted by Crippen LogP contribution is -2.23. The molecule has 1 aromatic heterocycles. The molecule has 1 aliphatic heterocycles. The molecule has 0 radical (unpaired) electrons. The number of aliphatic hydroxyl groups is 1. The number of aromatic nitrogens is 1. The number of hydrogen-bond acceptors (Lipinski definition) is 4. The van der Waals surface area contributed by atoms with E-state index >= 15 is 0 Å². The molecule has 1 aliphatic rings. The van der Waals surface area contributed by atoms with Gasteiger partial charge >= 0.3 is 6.18 Å². The third-order valence-electron chi connectivity index (χ3n) is 5.38. The first kappa shape index (κ1) is 23.6. The number of carbonyl (C=O) groups is 1. The highest BCUT2D eigenvalue weighted by Gasteiger charge is 2.34. The minimum Gasteiger partial charge on any atom is -0.483 e. The van der Waals surface area contributed by atoms with Gasteiger partial charge in [-0.25, -0.2) is 8.78 Å². The van der Waals surface area contributed by atoms with Gasteiger partial charge in [-0.05, 0) is 37.6 Å². The van der Waals surface area contributed by atoms with Crippen LogP contribution in [0.1, 0.15) is 35.3 Å². The molecule has 34 heavy (non-hydrogen) atoms. The molecule has 5 nitrogen and oxygen atoms in total. The molecule has 1 amide bonds. The average molecular weight is 478 g/mol. The molecule has 178 valence electrons. The van der Waals surface area contributed by atoms with E-state index in [4.69, 9.17) is 4.74 Å². The molecule has 1 N–H and O–H groups in total. The van der Waals surface area contributed by atoms with Crippen molar-refractivity contribution in [3.8, 4) is 17.0 Å². The van der Waals surface area contributed by atoms with Crippen molar-refractivity contribution >= 4 is 11.6 Å². The van der Waals surface area contributed by atoms with Crippen LogP contribution < -0.4 is 9.64 Å². The van der Waals surface area contributed by atoms with Crippen LogP contribution >= 0.6 is 0 Å². The summed E-state index contributed by atoms with van der Waals surface area (Å²) in [5.41, 5.74) is -0.0920. The second kappa shape index (κ2) is 8.35. The number of hydrogen-bond donors (Lipinski definition) is 1. The topological polar surface area (TPSA) is 62.7 Å². The number of nitrogens with zero attached hydrogens (tertiary/aromatic N) is 2. The predicted molar refractivity (Wildman–Crippen MR) is 113 cm³/mol. The Kier molecular flexibility index (Phi) is 5.80. The molecule has 0 fully saturated rings. The van der Waals surface area contributed by atoms with E-state index in [9.17, 15) is 31.9 Å². The van der Waals surface area contributed by atoms with Crippen molar-refractivity contribution in [2.24, 2.45) is 0 Å². The van der Waals surface area contributed by atoms with Crippen LogP contribution in [0.3, 0.4) is 0 Å². The van der Waals surface area contributed by atoms with Crippen LogP contribution in [-0.2, 0) is 12.1 Å². The quantitative estimate of drug-likeness (QED) is 0.502. The van der Waals surface area contributed by atoms with Crippen molar-refractivity contribution in [1.82, 2.24) is 4.98 Å². The zero-order chi connectivity index (χ0) is 24.8. The summed E-state index contributed by atoms with van der Waals surface area (Å²) < 4.78 is 71.3. The van der Waals surface area contributed by atoms with Crippen LogP contribution in [0.4, 0.5) is 27.6 Å². The summed E-state index contributed by atoms with van der Waals surface area (Å²) in [6.07, 6.45) is -3.50. The van der Waals surface area contributed by atoms with E-state index in [1.165, 1.54) is 17.2 Å². The summed E-state index contributed by atoms with van der Waals surface area (Å²) in [6.45, 7) is 1.43. The molecule has 0 unspecified atom stereocenters. The lowest BCUT2D eigenvalue weighted by Gasteiger charge is -2.20. The van der Waals surface area contributed by atoms with E-state index < -0.39 is 47.2 Å². The Bertz CT molecular complexity index is 1250. The van der Waals surface area contributed by atoms with Gasteiger partial charge in [0.2, 0.25) is 0 Å². The number of pyridine rings is 1.